The Labute approximate surface area is 162 Å². The lowest BCUT2D eigenvalue weighted by molar-refractivity contribution is 0.0681. The molecule has 1 unspecified atom stereocenters. The average molecular weight is 401 g/mol. The van der Waals surface area contributed by atoms with E-state index in [0.717, 1.165) is 38.5 Å². The SMILES string of the molecule is CC(N)C1CCN(C(=O)c2ccc(S(=O)(=O)C3CCCC3)cc2)CC1.Cl. The number of nitrogens with zero attached hydrogens (tertiary/aromatic N) is 1. The maximum Gasteiger partial charge on any atom is 0.253 e. The number of carbonyl (C=O) groups is 1. The van der Waals surface area contributed by atoms with Crippen LogP contribution in [0.5, 0.6) is 0 Å². The van der Waals surface area contributed by atoms with E-state index in [1.165, 1.54) is 0 Å². The third-order valence-corrected chi connectivity index (χ3v) is 8.02. The molecule has 3 rings (SSSR count). The van der Waals surface area contributed by atoms with Gasteiger partial charge in [-0.15, -0.1) is 12.4 Å². The summed E-state index contributed by atoms with van der Waals surface area (Å²) >= 11 is 0. The summed E-state index contributed by atoms with van der Waals surface area (Å²) in [7, 11) is -3.26. The van der Waals surface area contributed by atoms with Crippen molar-refractivity contribution in [1.29, 1.82) is 0 Å². The van der Waals surface area contributed by atoms with Crippen LogP contribution in [0.25, 0.3) is 0 Å². The molecule has 1 aliphatic heterocycles. The lowest BCUT2D eigenvalue weighted by Gasteiger charge is -2.33. The molecule has 1 heterocycles. The third-order valence-electron chi connectivity index (χ3n) is 5.74. The van der Waals surface area contributed by atoms with Crippen molar-refractivity contribution in [3.8, 4) is 0 Å². The molecule has 1 aromatic carbocycles. The average Bonchev–Trinajstić information content (AvgIpc) is 3.17. The highest BCUT2D eigenvalue weighted by molar-refractivity contribution is 7.92. The number of nitrogens with two attached hydrogens (primary N) is 1. The number of likely N-dealkylation sites (tertiary alicyclic amines) is 1. The molecule has 1 aromatic rings. The standard InChI is InChI=1S/C19H28N2O3S.ClH/c1-14(20)15-10-12-21(13-11-15)19(22)16-6-8-18(9-7-16)25(23,24)17-4-2-3-5-17;/h6-9,14-15,17H,2-5,10-13,20H2,1H3;1H. The maximum atomic E-state index is 12.6. The van der Waals surface area contributed by atoms with E-state index in [1.54, 1.807) is 24.3 Å². The summed E-state index contributed by atoms with van der Waals surface area (Å²) in [6.45, 7) is 3.45. The van der Waals surface area contributed by atoms with E-state index in [1.807, 2.05) is 11.8 Å². The van der Waals surface area contributed by atoms with Gasteiger partial charge in [-0.05, 0) is 62.8 Å². The van der Waals surface area contributed by atoms with Crippen molar-refractivity contribution in [2.45, 2.75) is 61.6 Å². The molecule has 26 heavy (non-hydrogen) atoms. The second-order valence-electron chi connectivity index (χ2n) is 7.46. The van der Waals surface area contributed by atoms with Gasteiger partial charge in [0.1, 0.15) is 0 Å². The summed E-state index contributed by atoms with van der Waals surface area (Å²) in [6.07, 6.45) is 5.32. The van der Waals surface area contributed by atoms with Crippen LogP contribution in [0.3, 0.4) is 0 Å². The zero-order valence-corrected chi connectivity index (χ0v) is 16.9. The summed E-state index contributed by atoms with van der Waals surface area (Å²) in [6, 6.07) is 6.66. The van der Waals surface area contributed by atoms with E-state index in [0.29, 0.717) is 29.5 Å². The Bertz CT molecular complexity index is 705. The van der Waals surface area contributed by atoms with Crippen LogP contribution in [0.2, 0.25) is 0 Å². The number of hydrogen-bond donors (Lipinski definition) is 1. The van der Waals surface area contributed by atoms with E-state index in [4.69, 9.17) is 5.73 Å². The number of hydrogen-bond acceptors (Lipinski definition) is 4. The molecule has 2 N–H and O–H groups in total. The molecule has 0 bridgehead atoms. The zero-order chi connectivity index (χ0) is 18.0. The van der Waals surface area contributed by atoms with E-state index in [9.17, 15) is 13.2 Å². The molecule has 0 radical (unpaired) electrons. The molecule has 1 saturated carbocycles. The number of amides is 1. The van der Waals surface area contributed by atoms with Gasteiger partial charge in [0.2, 0.25) is 0 Å². The van der Waals surface area contributed by atoms with Gasteiger partial charge in [0, 0.05) is 24.7 Å². The molecule has 1 saturated heterocycles. The highest BCUT2D eigenvalue weighted by Crippen LogP contribution is 2.30. The summed E-state index contributed by atoms with van der Waals surface area (Å²) in [4.78, 5) is 14.8. The van der Waals surface area contributed by atoms with Crippen LogP contribution < -0.4 is 5.73 Å². The Morgan fingerprint density at radius 2 is 1.62 bits per heavy atom. The second-order valence-corrected chi connectivity index (χ2v) is 9.69. The van der Waals surface area contributed by atoms with Crippen molar-refractivity contribution in [3.05, 3.63) is 29.8 Å². The molecule has 2 aliphatic rings. The summed E-state index contributed by atoms with van der Waals surface area (Å²) in [5.41, 5.74) is 6.51. The first-order valence-corrected chi connectivity index (χ1v) is 10.8. The van der Waals surface area contributed by atoms with Crippen molar-refractivity contribution >= 4 is 28.2 Å². The molecule has 1 aliphatic carbocycles. The largest absolute Gasteiger partial charge is 0.339 e. The minimum atomic E-state index is -3.26. The summed E-state index contributed by atoms with van der Waals surface area (Å²) < 4.78 is 25.2. The molecule has 5 nitrogen and oxygen atoms in total. The van der Waals surface area contributed by atoms with E-state index >= 15 is 0 Å². The van der Waals surface area contributed by atoms with Gasteiger partial charge in [0.15, 0.2) is 9.84 Å². The van der Waals surface area contributed by atoms with Crippen molar-refractivity contribution in [1.82, 2.24) is 4.90 Å². The second kappa shape index (κ2) is 8.72. The fourth-order valence-corrected chi connectivity index (χ4v) is 5.84. The summed E-state index contributed by atoms with van der Waals surface area (Å²) in [5, 5.41) is -0.258. The van der Waals surface area contributed by atoms with E-state index < -0.39 is 9.84 Å². The molecule has 7 heteroatoms. The third kappa shape index (κ3) is 4.41. The number of piperidine rings is 1. The first-order chi connectivity index (χ1) is 11.9. The Morgan fingerprint density at radius 3 is 2.12 bits per heavy atom. The quantitative estimate of drug-likeness (QED) is 0.842. The number of sulfone groups is 1. The Morgan fingerprint density at radius 1 is 1.08 bits per heavy atom. The van der Waals surface area contributed by atoms with E-state index in [-0.39, 0.29) is 29.6 Å². The van der Waals surface area contributed by atoms with Crippen molar-refractivity contribution in [2.24, 2.45) is 11.7 Å². The van der Waals surface area contributed by atoms with Gasteiger partial charge in [0.25, 0.3) is 5.91 Å². The smallest absolute Gasteiger partial charge is 0.253 e. The predicted molar refractivity (Wildman–Crippen MR) is 105 cm³/mol. The topological polar surface area (TPSA) is 80.5 Å². The summed E-state index contributed by atoms with van der Waals surface area (Å²) in [5.74, 6) is 0.455. The van der Waals surface area contributed by atoms with Crippen LogP contribution in [0.1, 0.15) is 55.8 Å². The van der Waals surface area contributed by atoms with E-state index in [2.05, 4.69) is 0 Å². The highest BCUT2D eigenvalue weighted by atomic mass is 35.5. The maximum absolute atomic E-state index is 12.6. The van der Waals surface area contributed by atoms with Gasteiger partial charge in [-0.1, -0.05) is 12.8 Å². The Hall–Kier alpha value is -1.11. The minimum Gasteiger partial charge on any atom is -0.339 e. The Balaban J connectivity index is 0.00000243. The lowest BCUT2D eigenvalue weighted by Crippen LogP contribution is -2.42. The van der Waals surface area contributed by atoms with Crippen molar-refractivity contribution in [3.63, 3.8) is 0 Å². The van der Waals surface area contributed by atoms with Crippen LogP contribution in [-0.2, 0) is 9.84 Å². The van der Waals surface area contributed by atoms with Gasteiger partial charge in [0.05, 0.1) is 10.1 Å². The van der Waals surface area contributed by atoms with Crippen LogP contribution >= 0.6 is 12.4 Å². The molecule has 0 aromatic heterocycles. The first kappa shape index (κ1) is 21.2. The highest BCUT2D eigenvalue weighted by Gasteiger charge is 2.30. The predicted octanol–water partition coefficient (Wildman–Crippen LogP) is 3.02. The molecule has 146 valence electrons. The van der Waals surface area contributed by atoms with Gasteiger partial charge in [-0.25, -0.2) is 8.42 Å². The number of carbonyl (C=O) groups excluding carboxylic acids is 1. The molecule has 0 spiro atoms. The van der Waals surface area contributed by atoms with Gasteiger partial charge in [-0.2, -0.15) is 0 Å². The normalized spacial score (nSPS) is 20.6. The van der Waals surface area contributed by atoms with Gasteiger partial charge >= 0.3 is 0 Å². The monoisotopic (exact) mass is 400 g/mol. The van der Waals surface area contributed by atoms with Gasteiger partial charge in [-0.3, -0.25) is 4.79 Å². The van der Waals surface area contributed by atoms with Crippen LogP contribution in [-0.4, -0.2) is 43.6 Å². The van der Waals surface area contributed by atoms with Crippen molar-refractivity contribution < 1.29 is 13.2 Å². The van der Waals surface area contributed by atoms with Crippen LogP contribution in [0.15, 0.2) is 29.2 Å². The van der Waals surface area contributed by atoms with Crippen LogP contribution in [0, 0.1) is 5.92 Å². The van der Waals surface area contributed by atoms with Crippen molar-refractivity contribution in [2.75, 3.05) is 13.1 Å². The lowest BCUT2D eigenvalue weighted by atomic mass is 9.90. The number of rotatable bonds is 4. The molecule has 1 amide bonds. The zero-order valence-electron chi connectivity index (χ0n) is 15.3. The fourth-order valence-electron chi connectivity index (χ4n) is 3.99. The fraction of sp³-hybridized carbons (Fsp3) is 0.632. The molecular formula is C19H29ClN2O3S. The molecular weight excluding hydrogens is 372 g/mol. The number of halogens is 1. The van der Waals surface area contributed by atoms with Crippen LogP contribution in [0.4, 0.5) is 0 Å². The number of benzene rings is 1. The Kier molecular flexibility index (Phi) is 7.11. The minimum absolute atomic E-state index is 0. The first-order valence-electron chi connectivity index (χ1n) is 9.28. The molecule has 2 fully saturated rings. The molecule has 1 atom stereocenters. The van der Waals surface area contributed by atoms with Gasteiger partial charge < -0.3 is 10.6 Å².